The van der Waals surface area contributed by atoms with Crippen LogP contribution < -0.4 is 5.32 Å². The van der Waals surface area contributed by atoms with Gasteiger partial charge in [0.15, 0.2) is 0 Å². The number of halogens is 2. The molecule has 0 aromatic heterocycles. The molecule has 0 amide bonds. The summed E-state index contributed by atoms with van der Waals surface area (Å²) in [5.74, 6) is -0.350. The van der Waals surface area contributed by atoms with E-state index in [1.165, 1.54) is 6.07 Å². The molecule has 18 heavy (non-hydrogen) atoms. The van der Waals surface area contributed by atoms with Crippen LogP contribution in [0, 0.1) is 5.82 Å². The minimum atomic E-state index is -0.350. The van der Waals surface area contributed by atoms with E-state index in [2.05, 4.69) is 5.32 Å². The fourth-order valence-electron chi connectivity index (χ4n) is 2.22. The first-order valence-electron chi connectivity index (χ1n) is 6.01. The summed E-state index contributed by atoms with van der Waals surface area (Å²) in [5, 5.41) is 3.52. The van der Waals surface area contributed by atoms with Crippen molar-refractivity contribution in [2.75, 3.05) is 19.0 Å². The molecule has 0 saturated heterocycles. The normalized spacial score (nSPS) is 26.8. The molecule has 0 bridgehead atoms. The zero-order valence-electron chi connectivity index (χ0n) is 10.5. The second-order valence-corrected chi connectivity index (χ2v) is 4.74. The highest BCUT2D eigenvalue weighted by atomic mass is 35.5. The lowest BCUT2D eigenvalue weighted by atomic mass is 9.85. The number of rotatable bonds is 5. The van der Waals surface area contributed by atoms with Crippen LogP contribution in [0.1, 0.15) is 13.3 Å². The van der Waals surface area contributed by atoms with Crippen molar-refractivity contribution in [3.05, 3.63) is 29.0 Å². The second-order valence-electron chi connectivity index (χ2n) is 4.30. The summed E-state index contributed by atoms with van der Waals surface area (Å²) in [6.07, 6.45) is 0.863. The van der Waals surface area contributed by atoms with Crippen molar-refractivity contribution >= 4 is 17.3 Å². The molecule has 3 atom stereocenters. The number of benzene rings is 1. The Morgan fingerprint density at radius 2 is 2.28 bits per heavy atom. The molecule has 1 aromatic rings. The highest BCUT2D eigenvalue weighted by Crippen LogP contribution is 2.31. The number of nitrogens with one attached hydrogen (secondary N) is 1. The van der Waals surface area contributed by atoms with Gasteiger partial charge in [-0.3, -0.25) is 0 Å². The lowest BCUT2D eigenvalue weighted by Gasteiger charge is -2.43. The minimum Gasteiger partial charge on any atom is -0.377 e. The SMILES string of the molecule is CCOC1CC(Nc2ccc(Cl)cc2F)C1OC. The van der Waals surface area contributed by atoms with Crippen molar-refractivity contribution in [2.24, 2.45) is 0 Å². The molecule has 0 spiro atoms. The van der Waals surface area contributed by atoms with E-state index in [0.717, 1.165) is 6.42 Å². The fourth-order valence-corrected chi connectivity index (χ4v) is 2.38. The number of ether oxygens (including phenoxy) is 2. The van der Waals surface area contributed by atoms with Gasteiger partial charge in [0, 0.05) is 18.7 Å². The summed E-state index contributed by atoms with van der Waals surface area (Å²) in [6.45, 7) is 2.61. The van der Waals surface area contributed by atoms with Gasteiger partial charge in [-0.25, -0.2) is 4.39 Å². The third-order valence-corrected chi connectivity index (χ3v) is 3.41. The van der Waals surface area contributed by atoms with Crippen LogP contribution >= 0.6 is 11.6 Å². The van der Waals surface area contributed by atoms with Gasteiger partial charge in [0.25, 0.3) is 0 Å². The second kappa shape index (κ2) is 5.87. The molecular weight excluding hydrogens is 257 g/mol. The van der Waals surface area contributed by atoms with Crippen LogP contribution in [0.5, 0.6) is 0 Å². The first-order chi connectivity index (χ1) is 8.65. The van der Waals surface area contributed by atoms with Crippen LogP contribution in [-0.4, -0.2) is 32.0 Å². The molecule has 1 N–H and O–H groups in total. The molecule has 100 valence electrons. The number of hydrogen-bond donors (Lipinski definition) is 1. The maximum absolute atomic E-state index is 13.6. The Labute approximate surface area is 111 Å². The van der Waals surface area contributed by atoms with E-state index in [1.54, 1.807) is 19.2 Å². The average molecular weight is 274 g/mol. The monoisotopic (exact) mass is 273 g/mol. The van der Waals surface area contributed by atoms with Crippen LogP contribution in [-0.2, 0) is 9.47 Å². The first kappa shape index (κ1) is 13.6. The quantitative estimate of drug-likeness (QED) is 0.894. The van der Waals surface area contributed by atoms with Gasteiger partial charge < -0.3 is 14.8 Å². The third kappa shape index (κ3) is 2.76. The van der Waals surface area contributed by atoms with Crippen LogP contribution in [0.4, 0.5) is 10.1 Å². The topological polar surface area (TPSA) is 30.5 Å². The van der Waals surface area contributed by atoms with E-state index in [9.17, 15) is 4.39 Å². The van der Waals surface area contributed by atoms with E-state index in [-0.39, 0.29) is 24.1 Å². The van der Waals surface area contributed by atoms with Gasteiger partial charge in [0.2, 0.25) is 0 Å². The molecular formula is C13H17ClFNO2. The van der Waals surface area contributed by atoms with Gasteiger partial charge in [-0.05, 0) is 31.5 Å². The smallest absolute Gasteiger partial charge is 0.147 e. The van der Waals surface area contributed by atoms with Crippen molar-refractivity contribution in [2.45, 2.75) is 31.6 Å². The lowest BCUT2D eigenvalue weighted by molar-refractivity contribution is -0.118. The van der Waals surface area contributed by atoms with E-state index < -0.39 is 0 Å². The predicted molar refractivity (Wildman–Crippen MR) is 69.6 cm³/mol. The molecule has 0 radical (unpaired) electrons. The van der Waals surface area contributed by atoms with Gasteiger partial charge in [-0.2, -0.15) is 0 Å². The Bertz CT molecular complexity index is 416. The van der Waals surface area contributed by atoms with Gasteiger partial charge >= 0.3 is 0 Å². The Hall–Kier alpha value is -0.840. The molecule has 1 fully saturated rings. The summed E-state index contributed by atoms with van der Waals surface area (Å²) in [6, 6.07) is 4.67. The predicted octanol–water partition coefficient (Wildman–Crippen LogP) is 3.08. The fraction of sp³-hybridized carbons (Fsp3) is 0.538. The molecule has 5 heteroatoms. The summed E-state index contributed by atoms with van der Waals surface area (Å²) in [5.41, 5.74) is 0.446. The van der Waals surface area contributed by atoms with E-state index in [1.807, 2.05) is 6.92 Å². The summed E-state index contributed by atoms with van der Waals surface area (Å²) < 4.78 is 24.5. The number of hydrogen-bond acceptors (Lipinski definition) is 3. The molecule has 2 rings (SSSR count). The maximum atomic E-state index is 13.6. The number of methoxy groups -OCH3 is 1. The highest BCUT2D eigenvalue weighted by molar-refractivity contribution is 6.30. The molecule has 3 unspecified atom stereocenters. The zero-order chi connectivity index (χ0) is 13.1. The molecule has 1 aliphatic rings. The Morgan fingerprint density at radius 1 is 1.50 bits per heavy atom. The van der Waals surface area contributed by atoms with E-state index >= 15 is 0 Å². The van der Waals surface area contributed by atoms with Crippen LogP contribution in [0.3, 0.4) is 0 Å². The largest absolute Gasteiger partial charge is 0.377 e. The number of anilines is 1. The molecule has 0 aliphatic heterocycles. The van der Waals surface area contributed by atoms with E-state index in [4.69, 9.17) is 21.1 Å². The summed E-state index contributed by atoms with van der Waals surface area (Å²) >= 11 is 5.71. The summed E-state index contributed by atoms with van der Waals surface area (Å²) in [7, 11) is 1.64. The van der Waals surface area contributed by atoms with Crippen molar-refractivity contribution in [1.82, 2.24) is 0 Å². The zero-order valence-corrected chi connectivity index (χ0v) is 11.2. The molecule has 1 saturated carbocycles. The first-order valence-corrected chi connectivity index (χ1v) is 6.39. The lowest BCUT2D eigenvalue weighted by Crippen LogP contribution is -2.56. The highest BCUT2D eigenvalue weighted by Gasteiger charge is 2.42. The van der Waals surface area contributed by atoms with Crippen molar-refractivity contribution < 1.29 is 13.9 Å². The van der Waals surface area contributed by atoms with Crippen LogP contribution in [0.2, 0.25) is 5.02 Å². The van der Waals surface area contributed by atoms with Crippen LogP contribution in [0.25, 0.3) is 0 Å². The van der Waals surface area contributed by atoms with Gasteiger partial charge in [0.05, 0.1) is 17.8 Å². The molecule has 1 aromatic carbocycles. The van der Waals surface area contributed by atoms with Crippen molar-refractivity contribution in [1.29, 1.82) is 0 Å². The van der Waals surface area contributed by atoms with Gasteiger partial charge in [-0.1, -0.05) is 11.6 Å². The molecule has 1 aliphatic carbocycles. The Morgan fingerprint density at radius 3 is 2.89 bits per heavy atom. The minimum absolute atomic E-state index is 0.0416. The molecule has 3 nitrogen and oxygen atoms in total. The van der Waals surface area contributed by atoms with Gasteiger partial charge in [0.1, 0.15) is 11.9 Å². The van der Waals surface area contributed by atoms with E-state index in [0.29, 0.717) is 17.3 Å². The molecule has 0 heterocycles. The van der Waals surface area contributed by atoms with Crippen molar-refractivity contribution in [3.8, 4) is 0 Å². The standard InChI is InChI=1S/C13H17ClFNO2/c1-3-18-12-7-11(13(12)17-2)16-10-5-4-8(14)6-9(10)15/h4-6,11-13,16H,3,7H2,1-2H3. The average Bonchev–Trinajstić information content (AvgIpc) is 2.31. The summed E-state index contributed by atoms with van der Waals surface area (Å²) in [4.78, 5) is 0. The van der Waals surface area contributed by atoms with Crippen molar-refractivity contribution in [3.63, 3.8) is 0 Å². The van der Waals surface area contributed by atoms with Crippen LogP contribution in [0.15, 0.2) is 18.2 Å². The Balaban J connectivity index is 1.98. The Kier molecular flexibility index (Phi) is 4.43. The third-order valence-electron chi connectivity index (χ3n) is 3.17. The maximum Gasteiger partial charge on any atom is 0.147 e. The van der Waals surface area contributed by atoms with Gasteiger partial charge in [-0.15, -0.1) is 0 Å².